The normalized spacial score (nSPS) is 20.0. The van der Waals surface area contributed by atoms with E-state index in [1.807, 2.05) is 0 Å². The number of esters is 1. The minimum atomic E-state index is -0.203. The molecular formula is C10H15IO2. The lowest BCUT2D eigenvalue weighted by molar-refractivity contribution is -0.135. The van der Waals surface area contributed by atoms with Crippen molar-refractivity contribution in [3.8, 4) is 0 Å². The largest absolute Gasteiger partial charge is 0.465 e. The van der Waals surface area contributed by atoms with Gasteiger partial charge >= 0.3 is 5.97 Å². The van der Waals surface area contributed by atoms with Crippen molar-refractivity contribution < 1.29 is 9.53 Å². The van der Waals surface area contributed by atoms with Crippen LogP contribution in [-0.4, -0.2) is 13.1 Å². The van der Waals surface area contributed by atoms with E-state index in [-0.39, 0.29) is 5.97 Å². The molecule has 0 heterocycles. The molecule has 1 aliphatic rings. The highest BCUT2D eigenvalue weighted by molar-refractivity contribution is 14.1. The van der Waals surface area contributed by atoms with Crippen LogP contribution in [0.3, 0.4) is 0 Å². The van der Waals surface area contributed by atoms with E-state index < -0.39 is 0 Å². The average Bonchev–Trinajstić information content (AvgIpc) is 2.18. The molecule has 2 nitrogen and oxygen atoms in total. The SMILES string of the molecule is COC(=O)/C(I)=C/C1CCCCC1. The van der Waals surface area contributed by atoms with Gasteiger partial charge < -0.3 is 4.74 Å². The molecular weight excluding hydrogens is 279 g/mol. The molecule has 0 saturated heterocycles. The summed E-state index contributed by atoms with van der Waals surface area (Å²) in [6, 6.07) is 0. The van der Waals surface area contributed by atoms with Crippen LogP contribution >= 0.6 is 22.6 Å². The Bertz CT molecular complexity index is 205. The van der Waals surface area contributed by atoms with Crippen molar-refractivity contribution in [1.82, 2.24) is 0 Å². The van der Waals surface area contributed by atoms with E-state index in [1.165, 1.54) is 39.2 Å². The number of halogens is 1. The number of carbonyl (C=O) groups excluding carboxylic acids is 1. The van der Waals surface area contributed by atoms with Gasteiger partial charge in [-0.25, -0.2) is 4.79 Å². The molecule has 0 aromatic rings. The molecule has 0 bridgehead atoms. The summed E-state index contributed by atoms with van der Waals surface area (Å²) in [6.07, 6.45) is 8.45. The van der Waals surface area contributed by atoms with E-state index in [0.717, 1.165) is 3.58 Å². The molecule has 0 spiro atoms. The number of methoxy groups -OCH3 is 1. The Balaban J connectivity index is 2.47. The van der Waals surface area contributed by atoms with E-state index in [9.17, 15) is 4.79 Å². The molecule has 0 N–H and O–H groups in total. The fourth-order valence-corrected chi connectivity index (χ4v) is 2.40. The lowest BCUT2D eigenvalue weighted by atomic mass is 9.89. The van der Waals surface area contributed by atoms with Gasteiger partial charge in [0, 0.05) is 0 Å². The first-order valence-electron chi connectivity index (χ1n) is 4.69. The highest BCUT2D eigenvalue weighted by atomic mass is 127. The fourth-order valence-electron chi connectivity index (χ4n) is 1.67. The van der Waals surface area contributed by atoms with Crippen LogP contribution in [0, 0.1) is 5.92 Å². The summed E-state index contributed by atoms with van der Waals surface area (Å²) in [5, 5.41) is 0. The zero-order valence-corrected chi connectivity index (χ0v) is 10.0. The molecule has 0 unspecified atom stereocenters. The minimum Gasteiger partial charge on any atom is -0.465 e. The van der Waals surface area contributed by atoms with E-state index in [4.69, 9.17) is 0 Å². The van der Waals surface area contributed by atoms with Crippen molar-refractivity contribution >= 4 is 28.6 Å². The molecule has 74 valence electrons. The van der Waals surface area contributed by atoms with Gasteiger partial charge in [-0.05, 0) is 41.4 Å². The first-order valence-corrected chi connectivity index (χ1v) is 5.77. The van der Waals surface area contributed by atoms with Crippen LogP contribution < -0.4 is 0 Å². The Morgan fingerprint density at radius 2 is 2.00 bits per heavy atom. The van der Waals surface area contributed by atoms with Crippen LogP contribution in [-0.2, 0) is 9.53 Å². The number of hydrogen-bond donors (Lipinski definition) is 0. The van der Waals surface area contributed by atoms with Crippen LogP contribution in [0.1, 0.15) is 32.1 Å². The molecule has 0 atom stereocenters. The quantitative estimate of drug-likeness (QED) is 0.444. The van der Waals surface area contributed by atoms with Gasteiger partial charge in [0.15, 0.2) is 0 Å². The Hall–Kier alpha value is -0.0600. The molecule has 13 heavy (non-hydrogen) atoms. The summed E-state index contributed by atoms with van der Waals surface area (Å²) in [4.78, 5) is 11.1. The third kappa shape index (κ3) is 3.67. The number of carbonyl (C=O) groups is 1. The zero-order chi connectivity index (χ0) is 9.68. The van der Waals surface area contributed by atoms with Crippen LogP contribution in [0.2, 0.25) is 0 Å². The van der Waals surface area contributed by atoms with E-state index >= 15 is 0 Å². The van der Waals surface area contributed by atoms with Gasteiger partial charge in [-0.2, -0.15) is 0 Å². The first kappa shape index (κ1) is 11.0. The van der Waals surface area contributed by atoms with Gasteiger partial charge in [0.2, 0.25) is 0 Å². The molecule has 0 amide bonds. The summed E-state index contributed by atoms with van der Waals surface area (Å²) in [5.74, 6) is 0.394. The molecule has 1 rings (SSSR count). The average molecular weight is 294 g/mol. The molecule has 0 radical (unpaired) electrons. The van der Waals surface area contributed by atoms with Crippen molar-refractivity contribution in [3.05, 3.63) is 9.66 Å². The zero-order valence-electron chi connectivity index (χ0n) is 7.88. The maximum absolute atomic E-state index is 11.1. The Kier molecular flexibility index (Phi) is 4.77. The van der Waals surface area contributed by atoms with Crippen molar-refractivity contribution in [2.24, 2.45) is 5.92 Å². The lowest BCUT2D eigenvalue weighted by Crippen LogP contribution is -2.06. The van der Waals surface area contributed by atoms with Gasteiger partial charge in [0.05, 0.1) is 10.7 Å². The summed E-state index contributed by atoms with van der Waals surface area (Å²) in [6.45, 7) is 0. The predicted molar refractivity (Wildman–Crippen MR) is 60.7 cm³/mol. The maximum atomic E-state index is 11.1. The summed E-state index contributed by atoms with van der Waals surface area (Å²) >= 11 is 2.06. The smallest absolute Gasteiger partial charge is 0.343 e. The first-order chi connectivity index (χ1) is 6.24. The summed E-state index contributed by atoms with van der Waals surface area (Å²) in [7, 11) is 1.43. The van der Waals surface area contributed by atoms with Crippen LogP contribution in [0.4, 0.5) is 0 Å². The fraction of sp³-hybridized carbons (Fsp3) is 0.700. The van der Waals surface area contributed by atoms with Gasteiger partial charge in [0.25, 0.3) is 0 Å². The summed E-state index contributed by atoms with van der Waals surface area (Å²) in [5.41, 5.74) is 0. The molecule has 0 aliphatic heterocycles. The molecule has 1 saturated carbocycles. The minimum absolute atomic E-state index is 0.203. The van der Waals surface area contributed by atoms with Crippen molar-refractivity contribution in [2.45, 2.75) is 32.1 Å². The monoisotopic (exact) mass is 294 g/mol. The topological polar surface area (TPSA) is 26.3 Å². The molecule has 3 heteroatoms. The Morgan fingerprint density at radius 1 is 1.38 bits per heavy atom. The van der Waals surface area contributed by atoms with Gasteiger partial charge in [0.1, 0.15) is 0 Å². The lowest BCUT2D eigenvalue weighted by Gasteiger charge is -2.18. The number of rotatable bonds is 2. The standard InChI is InChI=1S/C10H15IO2/c1-13-10(12)9(11)7-8-5-3-2-4-6-8/h7-8H,2-6H2,1H3/b9-7-. The van der Waals surface area contributed by atoms with Crippen LogP contribution in [0.5, 0.6) is 0 Å². The number of allylic oxidation sites excluding steroid dienone is 1. The Labute approximate surface area is 92.9 Å². The highest BCUT2D eigenvalue weighted by Crippen LogP contribution is 2.27. The second-order valence-corrected chi connectivity index (χ2v) is 4.57. The van der Waals surface area contributed by atoms with Crippen molar-refractivity contribution in [1.29, 1.82) is 0 Å². The Morgan fingerprint density at radius 3 is 2.54 bits per heavy atom. The molecule has 0 aromatic carbocycles. The van der Waals surface area contributed by atoms with Crippen LogP contribution in [0.15, 0.2) is 9.66 Å². The molecule has 1 aliphatic carbocycles. The third-order valence-electron chi connectivity index (χ3n) is 2.41. The predicted octanol–water partition coefficient (Wildman–Crippen LogP) is 3.06. The van der Waals surface area contributed by atoms with Gasteiger partial charge in [-0.1, -0.05) is 25.3 Å². The molecule has 0 aromatic heterocycles. The summed E-state index contributed by atoms with van der Waals surface area (Å²) < 4.78 is 5.37. The van der Waals surface area contributed by atoms with Gasteiger partial charge in [-0.15, -0.1) is 0 Å². The van der Waals surface area contributed by atoms with Crippen LogP contribution in [0.25, 0.3) is 0 Å². The van der Waals surface area contributed by atoms with E-state index in [2.05, 4.69) is 33.4 Å². The van der Waals surface area contributed by atoms with Crippen molar-refractivity contribution in [3.63, 3.8) is 0 Å². The third-order valence-corrected chi connectivity index (χ3v) is 3.21. The second kappa shape index (κ2) is 5.62. The van der Waals surface area contributed by atoms with Gasteiger partial charge in [-0.3, -0.25) is 0 Å². The van der Waals surface area contributed by atoms with E-state index in [0.29, 0.717) is 5.92 Å². The maximum Gasteiger partial charge on any atom is 0.343 e. The second-order valence-electron chi connectivity index (χ2n) is 3.40. The molecule has 1 fully saturated rings. The van der Waals surface area contributed by atoms with Crippen molar-refractivity contribution in [2.75, 3.05) is 7.11 Å². The number of hydrogen-bond acceptors (Lipinski definition) is 2. The van der Waals surface area contributed by atoms with E-state index in [1.54, 1.807) is 0 Å². The highest BCUT2D eigenvalue weighted by Gasteiger charge is 2.13. The number of ether oxygens (including phenoxy) is 1.